The molecule has 1 aromatic rings. The number of hydrogen-bond acceptors (Lipinski definition) is 2. The van der Waals surface area contributed by atoms with Gasteiger partial charge in [0.15, 0.2) is 0 Å². The molecule has 0 saturated heterocycles. The number of amides is 1. The summed E-state index contributed by atoms with van der Waals surface area (Å²) < 4.78 is 5.29. The molecule has 0 aromatic carbocycles. The highest BCUT2D eigenvalue weighted by Gasteiger charge is 2.11. The molecule has 0 radical (unpaired) electrons. The number of furan rings is 1. The Bertz CT molecular complexity index is 364. The van der Waals surface area contributed by atoms with Crippen molar-refractivity contribution in [1.82, 2.24) is 5.32 Å². The average Bonchev–Trinajstić information content (AvgIpc) is 2.52. The van der Waals surface area contributed by atoms with E-state index in [1.165, 1.54) is 0 Å². The number of carbonyl (C=O) groups excluding carboxylic acids is 1. The van der Waals surface area contributed by atoms with E-state index in [0.29, 0.717) is 17.9 Å². The molecule has 1 N–H and O–H groups in total. The van der Waals surface area contributed by atoms with Gasteiger partial charge in [0, 0.05) is 6.54 Å². The van der Waals surface area contributed by atoms with E-state index in [9.17, 15) is 4.79 Å². The minimum atomic E-state index is -0.0612. The standard InChI is InChI=1S/C12H17NO2/c1-4-5-6-7-13-12(14)11-8-9(2)15-10(11)3/h4-5,8H,6-7H2,1-3H3,(H,13,14)/b5-4+. The van der Waals surface area contributed by atoms with Crippen molar-refractivity contribution in [2.45, 2.75) is 27.2 Å². The summed E-state index contributed by atoms with van der Waals surface area (Å²) >= 11 is 0. The van der Waals surface area contributed by atoms with Gasteiger partial charge in [-0.2, -0.15) is 0 Å². The van der Waals surface area contributed by atoms with E-state index in [-0.39, 0.29) is 5.91 Å². The first-order valence-electron chi connectivity index (χ1n) is 5.11. The van der Waals surface area contributed by atoms with Gasteiger partial charge < -0.3 is 9.73 Å². The fraction of sp³-hybridized carbons (Fsp3) is 0.417. The van der Waals surface area contributed by atoms with Crippen molar-refractivity contribution in [2.24, 2.45) is 0 Å². The van der Waals surface area contributed by atoms with Gasteiger partial charge in [-0.25, -0.2) is 0 Å². The second kappa shape index (κ2) is 5.39. The normalized spacial score (nSPS) is 10.9. The number of rotatable bonds is 4. The van der Waals surface area contributed by atoms with Gasteiger partial charge >= 0.3 is 0 Å². The minimum Gasteiger partial charge on any atom is -0.466 e. The molecule has 1 heterocycles. The molecule has 0 bridgehead atoms. The Labute approximate surface area is 90.2 Å². The fourth-order valence-electron chi connectivity index (χ4n) is 1.39. The maximum Gasteiger partial charge on any atom is 0.254 e. The van der Waals surface area contributed by atoms with Gasteiger partial charge in [0.05, 0.1) is 5.56 Å². The molecule has 3 heteroatoms. The van der Waals surface area contributed by atoms with E-state index in [2.05, 4.69) is 5.32 Å². The van der Waals surface area contributed by atoms with Crippen LogP contribution in [0.2, 0.25) is 0 Å². The van der Waals surface area contributed by atoms with E-state index in [1.54, 1.807) is 13.0 Å². The van der Waals surface area contributed by atoms with Gasteiger partial charge in [0.1, 0.15) is 11.5 Å². The third kappa shape index (κ3) is 3.27. The zero-order chi connectivity index (χ0) is 11.3. The highest BCUT2D eigenvalue weighted by atomic mass is 16.3. The predicted molar refractivity (Wildman–Crippen MR) is 59.9 cm³/mol. The number of carbonyl (C=O) groups is 1. The summed E-state index contributed by atoms with van der Waals surface area (Å²) in [5.41, 5.74) is 0.632. The molecular weight excluding hydrogens is 190 g/mol. The van der Waals surface area contributed by atoms with Crippen LogP contribution in [0, 0.1) is 13.8 Å². The van der Waals surface area contributed by atoms with Crippen LogP contribution in [0.15, 0.2) is 22.6 Å². The molecule has 82 valence electrons. The summed E-state index contributed by atoms with van der Waals surface area (Å²) in [5, 5.41) is 2.84. The van der Waals surface area contributed by atoms with Crippen LogP contribution in [0.25, 0.3) is 0 Å². The van der Waals surface area contributed by atoms with E-state index >= 15 is 0 Å². The highest BCUT2D eigenvalue weighted by molar-refractivity contribution is 5.95. The van der Waals surface area contributed by atoms with Crippen LogP contribution in [-0.2, 0) is 0 Å². The third-order valence-corrected chi connectivity index (χ3v) is 2.12. The van der Waals surface area contributed by atoms with Gasteiger partial charge in [-0.1, -0.05) is 12.2 Å². The van der Waals surface area contributed by atoms with Crippen molar-refractivity contribution in [2.75, 3.05) is 6.54 Å². The van der Waals surface area contributed by atoms with Crippen molar-refractivity contribution in [3.63, 3.8) is 0 Å². The van der Waals surface area contributed by atoms with Gasteiger partial charge in [-0.3, -0.25) is 4.79 Å². The second-order valence-electron chi connectivity index (χ2n) is 3.44. The fourth-order valence-corrected chi connectivity index (χ4v) is 1.39. The van der Waals surface area contributed by atoms with Gasteiger partial charge in [0.25, 0.3) is 5.91 Å². The van der Waals surface area contributed by atoms with Crippen molar-refractivity contribution in [3.8, 4) is 0 Å². The topological polar surface area (TPSA) is 42.2 Å². The smallest absolute Gasteiger partial charge is 0.254 e. The van der Waals surface area contributed by atoms with Crippen LogP contribution in [-0.4, -0.2) is 12.5 Å². The second-order valence-corrected chi connectivity index (χ2v) is 3.44. The average molecular weight is 207 g/mol. The number of aryl methyl sites for hydroxylation is 2. The van der Waals surface area contributed by atoms with E-state index in [0.717, 1.165) is 12.2 Å². The molecular formula is C12H17NO2. The maximum atomic E-state index is 11.6. The molecule has 15 heavy (non-hydrogen) atoms. The van der Waals surface area contributed by atoms with E-state index < -0.39 is 0 Å². The molecule has 1 aromatic heterocycles. The van der Waals surface area contributed by atoms with Gasteiger partial charge in [0.2, 0.25) is 0 Å². The molecule has 0 atom stereocenters. The van der Waals surface area contributed by atoms with Crippen LogP contribution >= 0.6 is 0 Å². The van der Waals surface area contributed by atoms with Crippen LogP contribution < -0.4 is 5.32 Å². The molecule has 0 aliphatic rings. The Balaban J connectivity index is 2.50. The lowest BCUT2D eigenvalue weighted by Gasteiger charge is -2.01. The molecule has 0 unspecified atom stereocenters. The summed E-state index contributed by atoms with van der Waals surface area (Å²) in [7, 11) is 0. The number of allylic oxidation sites excluding steroid dienone is 1. The summed E-state index contributed by atoms with van der Waals surface area (Å²) in [4.78, 5) is 11.6. The minimum absolute atomic E-state index is 0.0612. The lowest BCUT2D eigenvalue weighted by Crippen LogP contribution is -2.24. The summed E-state index contributed by atoms with van der Waals surface area (Å²) in [6, 6.07) is 1.76. The first kappa shape index (κ1) is 11.6. The molecule has 3 nitrogen and oxygen atoms in total. The van der Waals surface area contributed by atoms with Crippen molar-refractivity contribution in [3.05, 3.63) is 35.3 Å². The van der Waals surface area contributed by atoms with Crippen molar-refractivity contribution < 1.29 is 9.21 Å². The maximum absolute atomic E-state index is 11.6. The molecule has 0 aliphatic carbocycles. The highest BCUT2D eigenvalue weighted by Crippen LogP contribution is 2.13. The van der Waals surface area contributed by atoms with Crippen LogP contribution in [0.5, 0.6) is 0 Å². The Kier molecular flexibility index (Phi) is 4.16. The van der Waals surface area contributed by atoms with Crippen LogP contribution in [0.4, 0.5) is 0 Å². The Hall–Kier alpha value is -1.51. The summed E-state index contributed by atoms with van der Waals surface area (Å²) in [6.45, 7) is 6.26. The molecule has 1 amide bonds. The van der Waals surface area contributed by atoms with Crippen LogP contribution in [0.3, 0.4) is 0 Å². The molecule has 0 aliphatic heterocycles. The Morgan fingerprint density at radius 3 is 2.80 bits per heavy atom. The molecule has 0 fully saturated rings. The molecule has 1 rings (SSSR count). The monoisotopic (exact) mass is 207 g/mol. The zero-order valence-electron chi connectivity index (χ0n) is 9.46. The third-order valence-electron chi connectivity index (χ3n) is 2.12. The number of hydrogen-bond donors (Lipinski definition) is 1. The van der Waals surface area contributed by atoms with Gasteiger partial charge in [-0.15, -0.1) is 0 Å². The Morgan fingerprint density at radius 2 is 2.27 bits per heavy atom. The largest absolute Gasteiger partial charge is 0.466 e. The Morgan fingerprint density at radius 1 is 1.53 bits per heavy atom. The quantitative estimate of drug-likeness (QED) is 0.609. The number of nitrogens with one attached hydrogen (secondary N) is 1. The van der Waals surface area contributed by atoms with E-state index in [4.69, 9.17) is 4.42 Å². The lowest BCUT2D eigenvalue weighted by atomic mass is 10.2. The summed E-state index contributed by atoms with van der Waals surface area (Å²) in [5.74, 6) is 1.39. The summed E-state index contributed by atoms with van der Waals surface area (Å²) in [6.07, 6.45) is 4.85. The zero-order valence-corrected chi connectivity index (χ0v) is 9.46. The SMILES string of the molecule is C/C=C/CCNC(=O)c1cc(C)oc1C. The van der Waals surface area contributed by atoms with Crippen molar-refractivity contribution >= 4 is 5.91 Å². The first-order chi connectivity index (χ1) is 7.15. The first-order valence-corrected chi connectivity index (χ1v) is 5.11. The lowest BCUT2D eigenvalue weighted by molar-refractivity contribution is 0.0953. The van der Waals surface area contributed by atoms with E-state index in [1.807, 2.05) is 26.0 Å². The van der Waals surface area contributed by atoms with Crippen molar-refractivity contribution in [1.29, 1.82) is 0 Å². The van der Waals surface area contributed by atoms with Gasteiger partial charge in [-0.05, 0) is 33.3 Å². The molecule has 0 spiro atoms. The van der Waals surface area contributed by atoms with Crippen LogP contribution in [0.1, 0.15) is 35.2 Å². The molecule has 0 saturated carbocycles. The predicted octanol–water partition coefficient (Wildman–Crippen LogP) is 2.59.